The molecule has 0 saturated carbocycles. The average Bonchev–Trinajstić information content (AvgIpc) is 2.41. The zero-order valence-corrected chi connectivity index (χ0v) is 13.7. The van der Waals surface area contributed by atoms with E-state index < -0.39 is 61.1 Å². The number of aliphatic hydroxyl groups excluding tert-OH is 5. The summed E-state index contributed by atoms with van der Waals surface area (Å²) in [5.41, 5.74) is 0. The fourth-order valence-corrected chi connectivity index (χ4v) is 1.60. The number of hydrogen-bond acceptors (Lipinski definition) is 8. The van der Waals surface area contributed by atoms with Gasteiger partial charge in [-0.05, 0) is 0 Å². The molecule has 0 aliphatic rings. The fourth-order valence-electron chi connectivity index (χ4n) is 1.60. The quantitative estimate of drug-likeness (QED) is 0.140. The molecule has 0 spiro atoms. The van der Waals surface area contributed by atoms with Crippen molar-refractivity contribution in [3.8, 4) is 0 Å². The summed E-state index contributed by atoms with van der Waals surface area (Å²) in [5.74, 6) is -3.89. The molecule has 0 unspecified atom stereocenters. The minimum atomic E-state index is -1.94. The third-order valence-corrected chi connectivity index (χ3v) is 2.72. The molecular weight excluding hydrogens is 417 g/mol. The van der Waals surface area contributed by atoms with Crippen LogP contribution in [0.3, 0.4) is 0 Å². The molecule has 0 bridgehead atoms. The molecule has 0 fully saturated rings. The van der Waals surface area contributed by atoms with E-state index in [1.807, 2.05) is 5.32 Å². The van der Waals surface area contributed by atoms with E-state index in [0.29, 0.717) is 0 Å². The van der Waals surface area contributed by atoms with E-state index in [1.165, 1.54) is 0 Å². The Balaban J connectivity index is -0.00000200. The monoisotopic (exact) mass is 435 g/mol. The second kappa shape index (κ2) is 12.8. The van der Waals surface area contributed by atoms with Crippen molar-refractivity contribution in [3.05, 3.63) is 0 Å². The number of rotatable bonds is 9. The van der Waals surface area contributed by atoms with Crippen LogP contribution < -0.4 is 5.32 Å². The SMILES string of the molecule is CC(=O)N[C@@H]([C@@H](O)[C@H](O)[C@H](O)CO)[C@@H](O)CC(=O)C(=O)O.[Cu].[Cu]. The topological polar surface area (TPSA) is 185 Å². The zero-order chi connectivity index (χ0) is 16.7. The first-order valence-electron chi connectivity index (χ1n) is 5.98. The van der Waals surface area contributed by atoms with Crippen molar-refractivity contribution in [2.75, 3.05) is 6.61 Å². The van der Waals surface area contributed by atoms with E-state index in [2.05, 4.69) is 0 Å². The predicted octanol–water partition coefficient (Wildman–Crippen LogP) is -4.03. The Kier molecular flexibility index (Phi) is 15.2. The van der Waals surface area contributed by atoms with Crippen LogP contribution in [0.4, 0.5) is 0 Å². The molecule has 23 heavy (non-hydrogen) atoms. The number of carboxylic acids is 1. The van der Waals surface area contributed by atoms with Crippen LogP contribution in [0.2, 0.25) is 0 Å². The number of nitrogens with one attached hydrogen (secondary N) is 1. The number of hydrogen-bond donors (Lipinski definition) is 7. The van der Waals surface area contributed by atoms with Crippen molar-refractivity contribution in [1.82, 2.24) is 5.32 Å². The van der Waals surface area contributed by atoms with Crippen molar-refractivity contribution in [1.29, 1.82) is 0 Å². The maximum Gasteiger partial charge on any atom is 0.372 e. The maximum absolute atomic E-state index is 11.0. The predicted molar refractivity (Wildman–Crippen MR) is 66.0 cm³/mol. The first-order chi connectivity index (χ1) is 9.61. The van der Waals surface area contributed by atoms with Gasteiger partial charge in [0.1, 0.15) is 18.3 Å². The van der Waals surface area contributed by atoms with E-state index in [0.717, 1.165) is 6.92 Å². The van der Waals surface area contributed by atoms with E-state index in [-0.39, 0.29) is 34.1 Å². The van der Waals surface area contributed by atoms with Gasteiger partial charge < -0.3 is 36.0 Å². The van der Waals surface area contributed by atoms with E-state index >= 15 is 0 Å². The summed E-state index contributed by atoms with van der Waals surface area (Å²) in [5, 5.41) is 57.4. The average molecular weight is 436 g/mol. The smallest absolute Gasteiger partial charge is 0.372 e. The molecule has 0 aliphatic carbocycles. The van der Waals surface area contributed by atoms with Crippen molar-refractivity contribution in [3.63, 3.8) is 0 Å². The normalized spacial score (nSPS) is 16.6. The summed E-state index contributed by atoms with van der Waals surface area (Å²) in [6.07, 6.45) is -8.35. The fraction of sp³-hybridized carbons (Fsp3) is 0.727. The molecule has 0 heterocycles. The summed E-state index contributed by atoms with van der Waals surface area (Å²) >= 11 is 0. The second-order valence-electron chi connectivity index (χ2n) is 4.46. The molecule has 5 atom stereocenters. The van der Waals surface area contributed by atoms with Gasteiger partial charge in [0.2, 0.25) is 11.7 Å². The van der Waals surface area contributed by atoms with Crippen molar-refractivity contribution in [2.45, 2.75) is 43.8 Å². The molecule has 10 nitrogen and oxygen atoms in total. The van der Waals surface area contributed by atoms with Crippen molar-refractivity contribution >= 4 is 17.7 Å². The van der Waals surface area contributed by atoms with Gasteiger partial charge in [-0.25, -0.2) is 4.79 Å². The Morgan fingerprint density at radius 2 is 1.43 bits per heavy atom. The molecule has 0 aromatic heterocycles. The molecule has 0 aromatic carbocycles. The van der Waals surface area contributed by atoms with Gasteiger partial charge in [0, 0.05) is 47.5 Å². The van der Waals surface area contributed by atoms with Gasteiger partial charge in [-0.2, -0.15) is 0 Å². The first kappa shape index (κ1) is 27.3. The van der Waals surface area contributed by atoms with E-state index in [1.54, 1.807) is 0 Å². The van der Waals surface area contributed by atoms with Crippen LogP contribution in [0.15, 0.2) is 0 Å². The molecule has 144 valence electrons. The number of Topliss-reactive ketones (excluding diaryl/α,β-unsaturated/α-hetero) is 1. The third-order valence-electron chi connectivity index (χ3n) is 2.72. The number of carboxylic acid groups (broad SMARTS) is 1. The Hall–Kier alpha value is -0.551. The van der Waals surface area contributed by atoms with E-state index in [4.69, 9.17) is 10.2 Å². The summed E-state index contributed by atoms with van der Waals surface area (Å²) in [4.78, 5) is 32.4. The Morgan fingerprint density at radius 1 is 0.957 bits per heavy atom. The van der Waals surface area contributed by atoms with Gasteiger partial charge in [-0.1, -0.05) is 0 Å². The van der Waals surface area contributed by atoms with E-state index in [9.17, 15) is 34.8 Å². The molecule has 0 saturated heterocycles. The van der Waals surface area contributed by atoms with Gasteiger partial charge in [0.15, 0.2) is 0 Å². The number of ketones is 1. The standard InChI is InChI=1S/C11H19NO9.2Cu/c1-4(14)12-8(5(15)2-6(16)11(20)21)10(19)9(18)7(17)3-13;;/h5,7-10,13,15,17-19H,2-3H2,1H3,(H,12,14)(H,20,21);;/t5-,7+,8+,9+,10+;;/m0../s1. The Labute approximate surface area is 152 Å². The summed E-state index contributed by atoms with van der Waals surface area (Å²) < 4.78 is 0. The summed E-state index contributed by atoms with van der Waals surface area (Å²) in [7, 11) is 0. The Morgan fingerprint density at radius 3 is 1.78 bits per heavy atom. The molecular formula is C11H19Cu2NO9. The summed E-state index contributed by atoms with van der Waals surface area (Å²) in [6, 6.07) is -1.61. The number of aliphatic carboxylic acids is 1. The van der Waals surface area contributed by atoms with Crippen LogP contribution in [-0.2, 0) is 48.5 Å². The molecule has 0 aliphatic heterocycles. The minimum Gasteiger partial charge on any atom is -0.475 e. The number of carbonyl (C=O) groups excluding carboxylic acids is 2. The third kappa shape index (κ3) is 9.36. The Bertz CT molecular complexity index is 396. The van der Waals surface area contributed by atoms with Gasteiger partial charge in [-0.15, -0.1) is 0 Å². The van der Waals surface area contributed by atoms with Gasteiger partial charge in [0.25, 0.3) is 0 Å². The van der Waals surface area contributed by atoms with Crippen LogP contribution >= 0.6 is 0 Å². The molecule has 1 amide bonds. The number of carbonyl (C=O) groups is 3. The minimum absolute atomic E-state index is 0. The molecule has 0 aromatic rings. The molecule has 12 heteroatoms. The van der Waals surface area contributed by atoms with Crippen LogP contribution in [0, 0.1) is 0 Å². The molecule has 2 radical (unpaired) electrons. The number of amides is 1. The first-order valence-corrected chi connectivity index (χ1v) is 5.98. The molecule has 7 N–H and O–H groups in total. The van der Waals surface area contributed by atoms with Crippen LogP contribution in [0.5, 0.6) is 0 Å². The van der Waals surface area contributed by atoms with Gasteiger partial charge >= 0.3 is 5.97 Å². The zero-order valence-electron chi connectivity index (χ0n) is 11.8. The second-order valence-corrected chi connectivity index (χ2v) is 4.46. The number of aliphatic hydroxyl groups is 5. The van der Waals surface area contributed by atoms with Crippen LogP contribution in [0.1, 0.15) is 13.3 Å². The summed E-state index contributed by atoms with van der Waals surface area (Å²) in [6.45, 7) is 0.134. The van der Waals surface area contributed by atoms with Crippen molar-refractivity contribution in [2.24, 2.45) is 0 Å². The largest absolute Gasteiger partial charge is 0.475 e. The maximum atomic E-state index is 11.0. The molecule has 0 rings (SSSR count). The van der Waals surface area contributed by atoms with Crippen LogP contribution in [-0.4, -0.2) is 85.4 Å². The van der Waals surface area contributed by atoms with Gasteiger partial charge in [-0.3, -0.25) is 9.59 Å². The van der Waals surface area contributed by atoms with Gasteiger partial charge in [0.05, 0.1) is 18.8 Å². The van der Waals surface area contributed by atoms with Crippen LogP contribution in [0.25, 0.3) is 0 Å². The van der Waals surface area contributed by atoms with Crippen molar-refractivity contribution < 1.29 is 79.2 Å².